The molecule has 2 amide bonds. The Labute approximate surface area is 87.2 Å². The van der Waals surface area contributed by atoms with Gasteiger partial charge in [0.25, 0.3) is 0 Å². The largest absolute Gasteiger partial charge is 0.331 e. The number of amides is 2. The molecule has 1 aromatic rings. The van der Waals surface area contributed by atoms with Gasteiger partial charge >= 0.3 is 6.03 Å². The molecule has 0 saturated heterocycles. The van der Waals surface area contributed by atoms with E-state index >= 15 is 0 Å². The highest BCUT2D eigenvalue weighted by Crippen LogP contribution is 1.89. The minimum atomic E-state index is -0.173. The molecule has 84 valence electrons. The van der Waals surface area contributed by atoms with E-state index in [0.29, 0.717) is 18.9 Å². The third kappa shape index (κ3) is 3.90. The number of hydrogen-bond acceptors (Lipinski definition) is 5. The van der Waals surface area contributed by atoms with Crippen molar-refractivity contribution in [2.45, 2.75) is 13.0 Å². The molecular weight excluding hydrogens is 198 g/mol. The van der Waals surface area contributed by atoms with Crippen molar-refractivity contribution in [1.82, 2.24) is 30.8 Å². The van der Waals surface area contributed by atoms with Gasteiger partial charge in [-0.2, -0.15) is 5.21 Å². The average molecular weight is 213 g/mol. The van der Waals surface area contributed by atoms with Crippen LogP contribution in [0, 0.1) is 0 Å². The number of hydrogen-bond donors (Lipinski definition) is 3. The highest BCUT2D eigenvalue weighted by Gasteiger charge is 2.07. The second-order valence-electron chi connectivity index (χ2n) is 3.05. The van der Waals surface area contributed by atoms with Gasteiger partial charge in [0.15, 0.2) is 5.82 Å². The molecule has 0 unspecified atom stereocenters. The Morgan fingerprint density at radius 1 is 1.67 bits per heavy atom. The van der Waals surface area contributed by atoms with Crippen molar-refractivity contribution in [1.29, 1.82) is 0 Å². The Kier molecular flexibility index (Phi) is 4.48. The summed E-state index contributed by atoms with van der Waals surface area (Å²) in [6, 6.07) is -0.173. The van der Waals surface area contributed by atoms with Crippen LogP contribution in [0.5, 0.6) is 0 Å². The average Bonchev–Trinajstić information content (AvgIpc) is 2.75. The predicted molar refractivity (Wildman–Crippen MR) is 52.7 cm³/mol. The summed E-state index contributed by atoms with van der Waals surface area (Å²) in [7, 11) is 1.71. The number of H-pyrrole nitrogens is 1. The second kappa shape index (κ2) is 5.91. The number of aromatic amines is 1. The summed E-state index contributed by atoms with van der Waals surface area (Å²) in [6.07, 6.45) is 0.784. The van der Waals surface area contributed by atoms with Crippen LogP contribution in [-0.4, -0.2) is 51.7 Å². The minimum Gasteiger partial charge on any atom is -0.331 e. The van der Waals surface area contributed by atoms with Crippen LogP contribution in [0.25, 0.3) is 0 Å². The van der Waals surface area contributed by atoms with Crippen molar-refractivity contribution in [2.75, 3.05) is 20.1 Å². The lowest BCUT2D eigenvalue weighted by molar-refractivity contribution is 0.208. The van der Waals surface area contributed by atoms with Gasteiger partial charge in [-0.15, -0.1) is 10.2 Å². The standard InChI is InChI=1S/C7H15N7O/c1-14(4-2-3-8)7(15)9-5-6-10-12-13-11-6/h2-5,8H2,1H3,(H,9,15)(H,10,11,12,13). The quantitative estimate of drug-likeness (QED) is 0.562. The molecule has 0 aliphatic heterocycles. The van der Waals surface area contributed by atoms with E-state index in [1.54, 1.807) is 11.9 Å². The van der Waals surface area contributed by atoms with Gasteiger partial charge in [0.1, 0.15) is 0 Å². The molecule has 1 heterocycles. The third-order valence-corrected chi connectivity index (χ3v) is 1.83. The molecule has 1 aromatic heterocycles. The van der Waals surface area contributed by atoms with Gasteiger partial charge in [0.2, 0.25) is 0 Å². The summed E-state index contributed by atoms with van der Waals surface area (Å²) >= 11 is 0. The molecule has 0 atom stereocenters. The summed E-state index contributed by atoms with van der Waals surface area (Å²) < 4.78 is 0. The Hall–Kier alpha value is -1.70. The molecule has 0 spiro atoms. The maximum absolute atomic E-state index is 11.4. The fourth-order valence-corrected chi connectivity index (χ4v) is 0.977. The van der Waals surface area contributed by atoms with E-state index in [4.69, 9.17) is 5.73 Å². The molecule has 0 aliphatic carbocycles. The van der Waals surface area contributed by atoms with E-state index in [-0.39, 0.29) is 12.6 Å². The first-order valence-corrected chi connectivity index (χ1v) is 4.65. The van der Waals surface area contributed by atoms with Crippen molar-refractivity contribution >= 4 is 6.03 Å². The zero-order valence-electron chi connectivity index (χ0n) is 8.60. The molecule has 0 radical (unpaired) electrons. The lowest BCUT2D eigenvalue weighted by atomic mass is 10.4. The van der Waals surface area contributed by atoms with E-state index in [2.05, 4.69) is 25.9 Å². The van der Waals surface area contributed by atoms with Gasteiger partial charge in [0, 0.05) is 13.6 Å². The Balaban J connectivity index is 2.23. The van der Waals surface area contributed by atoms with Gasteiger partial charge in [-0.3, -0.25) is 0 Å². The van der Waals surface area contributed by atoms with Gasteiger partial charge < -0.3 is 16.0 Å². The molecule has 1 rings (SSSR count). The van der Waals surface area contributed by atoms with Crippen LogP contribution in [0.1, 0.15) is 12.2 Å². The fraction of sp³-hybridized carbons (Fsp3) is 0.714. The molecule has 0 fully saturated rings. The number of rotatable bonds is 5. The number of urea groups is 1. The SMILES string of the molecule is CN(CCCN)C(=O)NCc1nn[nH]n1. The zero-order chi connectivity index (χ0) is 11.1. The van der Waals surface area contributed by atoms with Crippen LogP contribution in [0.15, 0.2) is 0 Å². The molecular formula is C7H15N7O. The number of nitrogens with one attached hydrogen (secondary N) is 2. The second-order valence-corrected chi connectivity index (χ2v) is 3.05. The monoisotopic (exact) mass is 213 g/mol. The molecule has 0 aliphatic rings. The van der Waals surface area contributed by atoms with Crippen LogP contribution in [-0.2, 0) is 6.54 Å². The van der Waals surface area contributed by atoms with Crippen LogP contribution in [0.4, 0.5) is 4.79 Å². The van der Waals surface area contributed by atoms with E-state index in [1.807, 2.05) is 0 Å². The van der Waals surface area contributed by atoms with Crippen molar-refractivity contribution in [2.24, 2.45) is 5.73 Å². The molecule has 0 aromatic carbocycles. The van der Waals surface area contributed by atoms with Crippen molar-refractivity contribution in [3.8, 4) is 0 Å². The number of nitrogens with zero attached hydrogens (tertiary/aromatic N) is 4. The summed E-state index contributed by atoms with van der Waals surface area (Å²) in [6.45, 7) is 1.47. The highest BCUT2D eigenvalue weighted by molar-refractivity contribution is 5.73. The summed E-state index contributed by atoms with van der Waals surface area (Å²) in [5.74, 6) is 0.454. The van der Waals surface area contributed by atoms with Crippen LogP contribution in [0.2, 0.25) is 0 Å². The summed E-state index contributed by atoms with van der Waals surface area (Å²) in [5.41, 5.74) is 5.34. The normalized spacial score (nSPS) is 10.0. The minimum absolute atomic E-state index is 0.173. The van der Waals surface area contributed by atoms with E-state index < -0.39 is 0 Å². The first-order valence-electron chi connectivity index (χ1n) is 4.65. The smallest absolute Gasteiger partial charge is 0.317 e. The fourth-order valence-electron chi connectivity index (χ4n) is 0.977. The van der Waals surface area contributed by atoms with Crippen molar-refractivity contribution in [3.63, 3.8) is 0 Å². The Bertz CT molecular complexity index is 286. The first-order chi connectivity index (χ1) is 7.24. The maximum Gasteiger partial charge on any atom is 0.317 e. The number of carbonyl (C=O) groups excluding carboxylic acids is 1. The van der Waals surface area contributed by atoms with Crippen LogP contribution in [0.3, 0.4) is 0 Å². The van der Waals surface area contributed by atoms with E-state index in [0.717, 1.165) is 6.42 Å². The van der Waals surface area contributed by atoms with Gasteiger partial charge in [0.05, 0.1) is 6.54 Å². The zero-order valence-corrected chi connectivity index (χ0v) is 8.60. The van der Waals surface area contributed by atoms with Gasteiger partial charge in [-0.05, 0) is 13.0 Å². The first kappa shape index (κ1) is 11.4. The lowest BCUT2D eigenvalue weighted by Crippen LogP contribution is -2.38. The lowest BCUT2D eigenvalue weighted by Gasteiger charge is -2.16. The van der Waals surface area contributed by atoms with E-state index in [9.17, 15) is 4.79 Å². The maximum atomic E-state index is 11.4. The Morgan fingerprint density at radius 2 is 2.47 bits per heavy atom. The highest BCUT2D eigenvalue weighted by atomic mass is 16.2. The topological polar surface area (TPSA) is 113 Å². The molecule has 0 bridgehead atoms. The Morgan fingerprint density at radius 3 is 3.07 bits per heavy atom. The van der Waals surface area contributed by atoms with Gasteiger partial charge in [-0.25, -0.2) is 4.79 Å². The van der Waals surface area contributed by atoms with Crippen molar-refractivity contribution in [3.05, 3.63) is 5.82 Å². The van der Waals surface area contributed by atoms with Gasteiger partial charge in [-0.1, -0.05) is 5.21 Å². The number of aromatic nitrogens is 4. The van der Waals surface area contributed by atoms with Crippen molar-refractivity contribution < 1.29 is 4.79 Å². The molecule has 0 saturated carbocycles. The molecule has 8 nitrogen and oxygen atoms in total. The van der Waals surface area contributed by atoms with E-state index in [1.165, 1.54) is 0 Å². The number of nitrogens with two attached hydrogens (primary N) is 1. The van der Waals surface area contributed by atoms with Crippen LogP contribution >= 0.6 is 0 Å². The predicted octanol–water partition coefficient (Wildman–Crippen LogP) is -1.31. The molecule has 15 heavy (non-hydrogen) atoms. The number of carbonyl (C=O) groups is 1. The third-order valence-electron chi connectivity index (χ3n) is 1.83. The summed E-state index contributed by atoms with van der Waals surface area (Å²) in [5, 5.41) is 15.8. The number of tetrazole rings is 1. The molecule has 8 heteroatoms. The summed E-state index contributed by atoms with van der Waals surface area (Å²) in [4.78, 5) is 13.0. The molecule has 4 N–H and O–H groups in total. The van der Waals surface area contributed by atoms with Crippen LogP contribution < -0.4 is 11.1 Å².